The fourth-order valence-electron chi connectivity index (χ4n) is 3.89. The number of carbonyl (C=O) groups is 1. The topological polar surface area (TPSA) is 67.8 Å². The van der Waals surface area contributed by atoms with Gasteiger partial charge in [-0.15, -0.1) is 0 Å². The number of nitrogens with zero attached hydrogens (tertiary/aromatic N) is 4. The Morgan fingerprint density at radius 1 is 1.25 bits per heavy atom. The predicted octanol–water partition coefficient (Wildman–Crippen LogP) is 1.79. The third-order valence-electron chi connectivity index (χ3n) is 5.35. The van der Waals surface area contributed by atoms with E-state index in [1.165, 1.54) is 6.42 Å². The van der Waals surface area contributed by atoms with E-state index in [4.69, 9.17) is 9.47 Å². The van der Waals surface area contributed by atoms with E-state index in [2.05, 4.69) is 21.9 Å². The molecule has 24 heavy (non-hydrogen) atoms. The highest BCUT2D eigenvalue weighted by Gasteiger charge is 2.47. The first-order valence-corrected chi connectivity index (χ1v) is 8.74. The molecule has 1 atom stereocenters. The van der Waals surface area contributed by atoms with Gasteiger partial charge in [-0.3, -0.25) is 9.88 Å². The van der Waals surface area contributed by atoms with Crippen LogP contribution < -0.4 is 4.90 Å². The van der Waals surface area contributed by atoms with Gasteiger partial charge in [-0.25, -0.2) is 9.78 Å². The molecule has 0 aromatic carbocycles. The van der Waals surface area contributed by atoms with Crippen molar-refractivity contribution in [1.82, 2.24) is 14.9 Å². The maximum absolute atomic E-state index is 12.3. The van der Waals surface area contributed by atoms with E-state index in [0.29, 0.717) is 31.5 Å². The Labute approximate surface area is 142 Å². The molecule has 7 heteroatoms. The second kappa shape index (κ2) is 6.29. The zero-order valence-corrected chi connectivity index (χ0v) is 14.1. The molecule has 3 aliphatic rings. The highest BCUT2D eigenvalue weighted by atomic mass is 16.6. The van der Waals surface area contributed by atoms with Gasteiger partial charge in [0.25, 0.3) is 0 Å². The molecule has 4 heterocycles. The summed E-state index contributed by atoms with van der Waals surface area (Å²) in [4.78, 5) is 25.3. The Morgan fingerprint density at radius 2 is 2.08 bits per heavy atom. The van der Waals surface area contributed by atoms with Crippen molar-refractivity contribution in [2.75, 3.05) is 44.8 Å². The minimum Gasteiger partial charge on any atom is -0.440 e. The summed E-state index contributed by atoms with van der Waals surface area (Å²) < 4.78 is 11.0. The molecule has 0 N–H and O–H groups in total. The standard InChI is InChI=1S/C17H24N4O3/c1-20-6-2-3-13(11-20)14-9-19-15(10-18-14)21-12-17(24-16(21)22)4-7-23-8-5-17/h9-10,13H,2-8,11-12H2,1H3. The quantitative estimate of drug-likeness (QED) is 0.822. The van der Waals surface area contributed by atoms with Crippen LogP contribution in [0.4, 0.5) is 10.6 Å². The van der Waals surface area contributed by atoms with Gasteiger partial charge in [0.15, 0.2) is 5.82 Å². The fraction of sp³-hybridized carbons (Fsp3) is 0.706. The zero-order chi connectivity index (χ0) is 16.6. The van der Waals surface area contributed by atoms with E-state index in [9.17, 15) is 4.79 Å². The number of likely N-dealkylation sites (tertiary alicyclic amines) is 1. The van der Waals surface area contributed by atoms with Crippen molar-refractivity contribution in [3.63, 3.8) is 0 Å². The molecule has 1 aromatic rings. The zero-order valence-electron chi connectivity index (χ0n) is 14.1. The van der Waals surface area contributed by atoms with Gasteiger partial charge >= 0.3 is 6.09 Å². The van der Waals surface area contributed by atoms with Crippen molar-refractivity contribution in [2.24, 2.45) is 0 Å². The summed E-state index contributed by atoms with van der Waals surface area (Å²) in [5, 5.41) is 0. The second-order valence-corrected chi connectivity index (χ2v) is 7.15. The van der Waals surface area contributed by atoms with Crippen LogP contribution in [0.1, 0.15) is 37.3 Å². The number of carbonyl (C=O) groups excluding carboxylic acids is 1. The molecular formula is C17H24N4O3. The van der Waals surface area contributed by atoms with Crippen LogP contribution in [0.5, 0.6) is 0 Å². The predicted molar refractivity (Wildman–Crippen MR) is 88.1 cm³/mol. The fourth-order valence-corrected chi connectivity index (χ4v) is 3.89. The summed E-state index contributed by atoms with van der Waals surface area (Å²) in [7, 11) is 2.14. The van der Waals surface area contributed by atoms with Gasteiger partial charge in [0.2, 0.25) is 0 Å². The van der Waals surface area contributed by atoms with Gasteiger partial charge in [-0.1, -0.05) is 0 Å². The van der Waals surface area contributed by atoms with Gasteiger partial charge in [-0.05, 0) is 26.4 Å². The Hall–Kier alpha value is -1.73. The number of hydrogen-bond acceptors (Lipinski definition) is 6. The van der Waals surface area contributed by atoms with E-state index in [0.717, 1.165) is 38.0 Å². The van der Waals surface area contributed by atoms with Crippen molar-refractivity contribution in [3.05, 3.63) is 18.1 Å². The smallest absolute Gasteiger partial charge is 0.416 e. The first-order valence-electron chi connectivity index (χ1n) is 8.74. The van der Waals surface area contributed by atoms with E-state index >= 15 is 0 Å². The van der Waals surface area contributed by atoms with Gasteiger partial charge < -0.3 is 14.4 Å². The maximum Gasteiger partial charge on any atom is 0.416 e. The highest BCUT2D eigenvalue weighted by molar-refractivity contribution is 5.89. The van der Waals surface area contributed by atoms with Crippen molar-refractivity contribution in [2.45, 2.75) is 37.2 Å². The molecule has 1 unspecified atom stereocenters. The van der Waals surface area contributed by atoms with E-state index in [1.54, 1.807) is 11.1 Å². The van der Waals surface area contributed by atoms with E-state index in [1.807, 2.05) is 6.20 Å². The molecule has 1 aromatic heterocycles. The van der Waals surface area contributed by atoms with Crippen LogP contribution in [0.2, 0.25) is 0 Å². The molecule has 3 fully saturated rings. The number of rotatable bonds is 2. The summed E-state index contributed by atoms with van der Waals surface area (Å²) in [5.41, 5.74) is 0.598. The minimum atomic E-state index is -0.415. The van der Waals surface area contributed by atoms with Crippen molar-refractivity contribution in [1.29, 1.82) is 0 Å². The summed E-state index contributed by atoms with van der Waals surface area (Å²) in [6.07, 6.45) is 7.03. The van der Waals surface area contributed by atoms with E-state index in [-0.39, 0.29) is 6.09 Å². The molecule has 7 nitrogen and oxygen atoms in total. The Morgan fingerprint density at radius 3 is 2.79 bits per heavy atom. The number of amides is 1. The Kier molecular flexibility index (Phi) is 4.14. The molecule has 130 valence electrons. The highest BCUT2D eigenvalue weighted by Crippen LogP contribution is 2.34. The number of ether oxygens (including phenoxy) is 2. The molecular weight excluding hydrogens is 308 g/mol. The molecule has 0 bridgehead atoms. The number of likely N-dealkylation sites (N-methyl/N-ethyl adjacent to an activating group) is 1. The second-order valence-electron chi connectivity index (χ2n) is 7.15. The number of anilines is 1. The van der Waals surface area contributed by atoms with Gasteiger partial charge in [0.05, 0.1) is 37.8 Å². The normalized spacial score (nSPS) is 27.5. The average Bonchev–Trinajstić information content (AvgIpc) is 2.91. The molecule has 1 amide bonds. The number of hydrogen-bond donors (Lipinski definition) is 0. The first-order chi connectivity index (χ1) is 11.7. The average molecular weight is 332 g/mol. The SMILES string of the molecule is CN1CCCC(c2cnc(N3CC4(CCOCC4)OC3=O)cn2)C1. The molecule has 0 saturated carbocycles. The summed E-state index contributed by atoms with van der Waals surface area (Å²) in [5.74, 6) is 1.01. The molecule has 0 aliphatic carbocycles. The first kappa shape index (κ1) is 15.8. The van der Waals surface area contributed by atoms with Crippen LogP contribution >= 0.6 is 0 Å². The molecule has 1 spiro atoms. The summed E-state index contributed by atoms with van der Waals surface area (Å²) in [6.45, 7) is 3.98. The monoisotopic (exact) mass is 332 g/mol. The lowest BCUT2D eigenvalue weighted by molar-refractivity contribution is -0.0431. The molecule has 4 rings (SSSR count). The molecule has 3 saturated heterocycles. The third-order valence-corrected chi connectivity index (χ3v) is 5.35. The van der Waals surface area contributed by atoms with Crippen LogP contribution in [0.25, 0.3) is 0 Å². The van der Waals surface area contributed by atoms with Crippen LogP contribution in [0.15, 0.2) is 12.4 Å². The lowest BCUT2D eigenvalue weighted by atomic mass is 9.94. The van der Waals surface area contributed by atoms with Crippen LogP contribution in [0.3, 0.4) is 0 Å². The molecule has 3 aliphatic heterocycles. The van der Waals surface area contributed by atoms with Crippen molar-refractivity contribution >= 4 is 11.9 Å². The van der Waals surface area contributed by atoms with Gasteiger partial charge in [0.1, 0.15) is 5.60 Å². The number of piperidine rings is 1. The van der Waals surface area contributed by atoms with Gasteiger partial charge in [0, 0.05) is 25.3 Å². The van der Waals surface area contributed by atoms with Crippen LogP contribution in [-0.2, 0) is 9.47 Å². The lowest BCUT2D eigenvalue weighted by Crippen LogP contribution is -2.40. The van der Waals surface area contributed by atoms with E-state index < -0.39 is 5.60 Å². The molecule has 0 radical (unpaired) electrons. The number of aromatic nitrogens is 2. The minimum absolute atomic E-state index is 0.323. The van der Waals surface area contributed by atoms with Crippen molar-refractivity contribution in [3.8, 4) is 0 Å². The van der Waals surface area contributed by atoms with Crippen LogP contribution in [0, 0.1) is 0 Å². The summed E-state index contributed by atoms with van der Waals surface area (Å²) >= 11 is 0. The third kappa shape index (κ3) is 2.98. The Bertz CT molecular complexity index is 600. The van der Waals surface area contributed by atoms with Gasteiger partial charge in [-0.2, -0.15) is 0 Å². The van der Waals surface area contributed by atoms with Crippen molar-refractivity contribution < 1.29 is 14.3 Å². The summed E-state index contributed by atoms with van der Waals surface area (Å²) in [6, 6.07) is 0. The Balaban J connectivity index is 1.47. The van der Waals surface area contributed by atoms with Crippen LogP contribution in [-0.4, -0.2) is 66.5 Å². The lowest BCUT2D eigenvalue weighted by Gasteiger charge is -2.30. The maximum atomic E-state index is 12.3. The largest absolute Gasteiger partial charge is 0.440 e.